The lowest BCUT2D eigenvalue weighted by molar-refractivity contribution is 0.0843. The minimum absolute atomic E-state index is 0.0244. The zero-order valence-corrected chi connectivity index (χ0v) is 15.0. The average molecular weight is 372 g/mol. The summed E-state index contributed by atoms with van der Waals surface area (Å²) in [4.78, 5) is 27.2. The molecule has 26 heavy (non-hydrogen) atoms. The van der Waals surface area contributed by atoms with E-state index in [1.807, 2.05) is 26.0 Å². The van der Waals surface area contributed by atoms with Gasteiger partial charge in [-0.1, -0.05) is 31.5 Å². The molecule has 7 nitrogen and oxygen atoms in total. The van der Waals surface area contributed by atoms with Gasteiger partial charge >= 0.3 is 0 Å². The van der Waals surface area contributed by atoms with Crippen LogP contribution in [0.4, 0.5) is 0 Å². The Morgan fingerprint density at radius 2 is 1.92 bits per heavy atom. The highest BCUT2D eigenvalue weighted by Gasteiger charge is 2.21. The van der Waals surface area contributed by atoms with E-state index in [0.717, 1.165) is 11.4 Å². The van der Waals surface area contributed by atoms with Crippen LogP contribution in [0.5, 0.6) is 0 Å². The minimum atomic E-state index is -0.443. The van der Waals surface area contributed by atoms with Gasteiger partial charge in [-0.2, -0.15) is 5.10 Å². The van der Waals surface area contributed by atoms with Crippen LogP contribution in [0, 0.1) is 0 Å². The average Bonchev–Trinajstić information content (AvgIpc) is 3.28. The molecule has 2 amide bonds. The van der Waals surface area contributed by atoms with Crippen molar-refractivity contribution in [3.63, 3.8) is 0 Å². The van der Waals surface area contributed by atoms with E-state index >= 15 is 0 Å². The molecule has 2 heterocycles. The highest BCUT2D eigenvalue weighted by molar-refractivity contribution is 6.30. The smallest absolute Gasteiger partial charge is 0.286 e. The third-order valence-corrected chi connectivity index (χ3v) is 4.02. The van der Waals surface area contributed by atoms with Crippen molar-refractivity contribution in [3.05, 3.63) is 70.8 Å². The number of aromatic nitrogens is 3. The Bertz CT molecular complexity index is 931. The van der Waals surface area contributed by atoms with E-state index in [0.29, 0.717) is 16.3 Å². The first-order chi connectivity index (χ1) is 12.5. The number of H-pyrrole nitrogens is 1. The van der Waals surface area contributed by atoms with Crippen LogP contribution < -0.4 is 10.9 Å². The third-order valence-electron chi connectivity index (χ3n) is 3.78. The van der Waals surface area contributed by atoms with Gasteiger partial charge in [0.2, 0.25) is 0 Å². The van der Waals surface area contributed by atoms with Gasteiger partial charge in [0.15, 0.2) is 0 Å². The molecule has 0 aliphatic rings. The van der Waals surface area contributed by atoms with E-state index < -0.39 is 11.8 Å². The predicted octanol–water partition coefficient (Wildman–Crippen LogP) is 3.05. The number of carbonyl (C=O) groups excluding carboxylic acids is 2. The molecule has 8 heteroatoms. The fraction of sp³-hybridized carbons (Fsp3) is 0.167. The summed E-state index contributed by atoms with van der Waals surface area (Å²) < 4.78 is 1.68. The van der Waals surface area contributed by atoms with Gasteiger partial charge in [0.25, 0.3) is 11.8 Å². The summed E-state index contributed by atoms with van der Waals surface area (Å²) in [6.45, 7) is 3.93. The molecule has 1 aromatic carbocycles. The van der Waals surface area contributed by atoms with Crippen molar-refractivity contribution >= 4 is 23.4 Å². The molecule has 0 fully saturated rings. The number of halogens is 1. The Kier molecular flexibility index (Phi) is 5.09. The first-order valence-electron chi connectivity index (χ1n) is 8.05. The molecule has 2 aromatic heterocycles. The third kappa shape index (κ3) is 3.62. The van der Waals surface area contributed by atoms with Gasteiger partial charge in [0.05, 0.1) is 23.1 Å². The van der Waals surface area contributed by atoms with E-state index in [9.17, 15) is 9.59 Å². The monoisotopic (exact) mass is 371 g/mol. The second-order valence-electron chi connectivity index (χ2n) is 5.98. The van der Waals surface area contributed by atoms with Crippen molar-refractivity contribution in [2.24, 2.45) is 0 Å². The molecule has 3 N–H and O–H groups in total. The number of aromatic amines is 1. The maximum atomic E-state index is 12.5. The fourth-order valence-electron chi connectivity index (χ4n) is 2.62. The van der Waals surface area contributed by atoms with Crippen LogP contribution in [-0.4, -0.2) is 26.6 Å². The highest BCUT2D eigenvalue weighted by Crippen LogP contribution is 2.24. The van der Waals surface area contributed by atoms with E-state index in [1.54, 1.807) is 35.1 Å². The Labute approximate surface area is 155 Å². The van der Waals surface area contributed by atoms with Crippen molar-refractivity contribution in [1.82, 2.24) is 25.6 Å². The van der Waals surface area contributed by atoms with Crippen LogP contribution in [0.1, 0.15) is 46.3 Å². The van der Waals surface area contributed by atoms with Crippen LogP contribution in [0.15, 0.2) is 48.8 Å². The van der Waals surface area contributed by atoms with Crippen LogP contribution in [-0.2, 0) is 0 Å². The zero-order chi connectivity index (χ0) is 18.7. The molecule has 0 saturated carbocycles. The van der Waals surface area contributed by atoms with Gasteiger partial charge in [-0.25, -0.2) is 4.68 Å². The molecule has 0 bridgehead atoms. The maximum absolute atomic E-state index is 12.5. The Balaban J connectivity index is 1.83. The van der Waals surface area contributed by atoms with Crippen LogP contribution in [0.3, 0.4) is 0 Å². The van der Waals surface area contributed by atoms with Gasteiger partial charge < -0.3 is 4.98 Å². The summed E-state index contributed by atoms with van der Waals surface area (Å²) >= 11 is 6.06. The van der Waals surface area contributed by atoms with Crippen molar-refractivity contribution in [3.8, 4) is 5.69 Å². The van der Waals surface area contributed by atoms with Gasteiger partial charge in [-0.05, 0) is 36.2 Å². The standard InChI is InChI=1S/C18H18ClN5O2/c1-11(2)16-14(10-21-24(16)13-6-3-5-12(19)9-13)17(25)22-23-18(26)15-7-4-8-20-15/h3-11,20H,1-2H3,(H,22,25)(H,23,26). The topological polar surface area (TPSA) is 91.8 Å². The number of nitrogens with zero attached hydrogens (tertiary/aromatic N) is 2. The van der Waals surface area contributed by atoms with Crippen molar-refractivity contribution in [1.29, 1.82) is 0 Å². The molecule has 0 aliphatic heterocycles. The summed E-state index contributed by atoms with van der Waals surface area (Å²) in [7, 11) is 0. The number of nitrogens with one attached hydrogen (secondary N) is 3. The number of hydrazine groups is 1. The van der Waals surface area contributed by atoms with Crippen LogP contribution >= 0.6 is 11.6 Å². The predicted molar refractivity (Wildman–Crippen MR) is 98.4 cm³/mol. The van der Waals surface area contributed by atoms with Gasteiger partial charge in [0.1, 0.15) is 5.69 Å². The number of carbonyl (C=O) groups is 2. The number of amides is 2. The molecular weight excluding hydrogens is 354 g/mol. The number of benzene rings is 1. The Morgan fingerprint density at radius 3 is 2.58 bits per heavy atom. The highest BCUT2D eigenvalue weighted by atomic mass is 35.5. The summed E-state index contributed by atoms with van der Waals surface area (Å²) in [5, 5.41) is 4.91. The first-order valence-corrected chi connectivity index (χ1v) is 8.43. The van der Waals surface area contributed by atoms with Gasteiger partial charge in [-0.3, -0.25) is 20.4 Å². The van der Waals surface area contributed by atoms with E-state index in [2.05, 4.69) is 20.9 Å². The molecule has 0 unspecified atom stereocenters. The minimum Gasteiger partial charge on any atom is -0.357 e. The van der Waals surface area contributed by atoms with Crippen LogP contribution in [0.2, 0.25) is 5.02 Å². The van der Waals surface area contributed by atoms with Crippen molar-refractivity contribution < 1.29 is 9.59 Å². The van der Waals surface area contributed by atoms with Crippen molar-refractivity contribution in [2.75, 3.05) is 0 Å². The Morgan fingerprint density at radius 1 is 1.15 bits per heavy atom. The second kappa shape index (κ2) is 7.45. The largest absolute Gasteiger partial charge is 0.357 e. The van der Waals surface area contributed by atoms with Crippen LogP contribution in [0.25, 0.3) is 5.69 Å². The first kappa shape index (κ1) is 17.8. The molecule has 3 rings (SSSR count). The molecule has 134 valence electrons. The van der Waals surface area contributed by atoms with Gasteiger partial charge in [0, 0.05) is 11.2 Å². The zero-order valence-electron chi connectivity index (χ0n) is 14.3. The van der Waals surface area contributed by atoms with E-state index in [-0.39, 0.29) is 5.92 Å². The molecule has 3 aromatic rings. The second-order valence-corrected chi connectivity index (χ2v) is 6.42. The van der Waals surface area contributed by atoms with Crippen molar-refractivity contribution in [2.45, 2.75) is 19.8 Å². The summed E-state index contributed by atoms with van der Waals surface area (Å²) in [6.07, 6.45) is 3.11. The maximum Gasteiger partial charge on any atom is 0.286 e. The molecule has 0 spiro atoms. The molecular formula is C18H18ClN5O2. The quantitative estimate of drug-likeness (QED) is 0.615. The Hall–Kier alpha value is -3.06. The molecule has 0 saturated heterocycles. The number of rotatable bonds is 4. The van der Waals surface area contributed by atoms with E-state index in [1.165, 1.54) is 6.20 Å². The number of hydrogen-bond acceptors (Lipinski definition) is 3. The molecule has 0 aliphatic carbocycles. The summed E-state index contributed by atoms with van der Waals surface area (Å²) in [5.74, 6) is -0.852. The van der Waals surface area contributed by atoms with Gasteiger partial charge in [-0.15, -0.1) is 0 Å². The lowest BCUT2D eigenvalue weighted by Crippen LogP contribution is -2.42. The van der Waals surface area contributed by atoms with E-state index in [4.69, 9.17) is 11.6 Å². The fourth-order valence-corrected chi connectivity index (χ4v) is 2.81. The molecule has 0 radical (unpaired) electrons. The lowest BCUT2D eigenvalue weighted by Gasteiger charge is -2.13. The summed E-state index contributed by atoms with van der Waals surface area (Å²) in [6, 6.07) is 10.5. The lowest BCUT2D eigenvalue weighted by atomic mass is 10.1. The summed E-state index contributed by atoms with van der Waals surface area (Å²) in [5.41, 5.74) is 7.01. The SMILES string of the molecule is CC(C)c1c(C(=O)NNC(=O)c2ccc[nH]2)cnn1-c1cccc(Cl)c1. The number of hydrogen-bond donors (Lipinski definition) is 3. The molecule has 0 atom stereocenters. The normalized spacial score (nSPS) is 10.8.